The minimum Gasteiger partial charge on any atom is -0.396 e. The van der Waals surface area contributed by atoms with Crippen LogP contribution in [0.5, 0.6) is 0 Å². The summed E-state index contributed by atoms with van der Waals surface area (Å²) in [7, 11) is 1.70. The number of aliphatic hydroxyl groups is 1. The average molecular weight is 251 g/mol. The van der Waals surface area contributed by atoms with E-state index in [-0.39, 0.29) is 18.7 Å². The number of rotatable bonds is 5. The third-order valence-corrected chi connectivity index (χ3v) is 2.69. The van der Waals surface area contributed by atoms with Crippen LogP contribution < -0.4 is 11.1 Å². The largest absolute Gasteiger partial charge is 0.396 e. The van der Waals surface area contributed by atoms with Crippen molar-refractivity contribution < 1.29 is 9.90 Å². The first kappa shape index (κ1) is 14.5. The van der Waals surface area contributed by atoms with Crippen LogP contribution in [0.4, 0.5) is 10.5 Å². The molecule has 5 heteroatoms. The number of anilines is 1. The van der Waals surface area contributed by atoms with E-state index in [4.69, 9.17) is 10.8 Å². The molecule has 0 aromatic heterocycles. The van der Waals surface area contributed by atoms with Crippen LogP contribution in [0.2, 0.25) is 0 Å². The Morgan fingerprint density at radius 3 is 2.56 bits per heavy atom. The predicted octanol–water partition coefficient (Wildman–Crippen LogP) is 1.55. The minimum absolute atomic E-state index is 0.0121. The molecule has 0 spiro atoms. The van der Waals surface area contributed by atoms with Crippen LogP contribution in [0, 0.1) is 0 Å². The van der Waals surface area contributed by atoms with Crippen molar-refractivity contribution in [3.8, 4) is 0 Å². The van der Waals surface area contributed by atoms with E-state index in [2.05, 4.69) is 5.32 Å². The van der Waals surface area contributed by atoms with Gasteiger partial charge in [-0.2, -0.15) is 0 Å². The fraction of sp³-hybridized carbons (Fsp3) is 0.462. The molecule has 0 bridgehead atoms. The van der Waals surface area contributed by atoms with Crippen LogP contribution in [0.1, 0.15) is 24.9 Å². The number of hydrogen-bond acceptors (Lipinski definition) is 3. The summed E-state index contributed by atoms with van der Waals surface area (Å²) < 4.78 is 0. The second-order valence-electron chi connectivity index (χ2n) is 4.34. The number of urea groups is 1. The first-order valence-electron chi connectivity index (χ1n) is 6.03. The first-order chi connectivity index (χ1) is 8.54. The molecule has 4 N–H and O–H groups in total. The molecule has 0 aliphatic carbocycles. The molecule has 0 saturated carbocycles. The van der Waals surface area contributed by atoms with Crippen molar-refractivity contribution in [2.24, 2.45) is 5.73 Å². The number of benzene rings is 1. The summed E-state index contributed by atoms with van der Waals surface area (Å²) in [6.45, 7) is 2.53. The van der Waals surface area contributed by atoms with Crippen molar-refractivity contribution in [2.75, 3.05) is 25.5 Å². The molecule has 1 aromatic carbocycles. The fourth-order valence-corrected chi connectivity index (χ4v) is 1.50. The highest BCUT2D eigenvalue weighted by Gasteiger charge is 2.08. The van der Waals surface area contributed by atoms with Crippen molar-refractivity contribution in [1.82, 2.24) is 4.90 Å². The lowest BCUT2D eigenvalue weighted by Gasteiger charge is -2.17. The maximum Gasteiger partial charge on any atom is 0.321 e. The average Bonchev–Trinajstić information content (AvgIpc) is 2.36. The highest BCUT2D eigenvalue weighted by Crippen LogP contribution is 2.14. The van der Waals surface area contributed by atoms with Crippen LogP contribution in [0.3, 0.4) is 0 Å². The molecular formula is C13H21N3O2. The normalized spacial score (nSPS) is 12.0. The van der Waals surface area contributed by atoms with Crippen LogP contribution >= 0.6 is 0 Å². The second-order valence-corrected chi connectivity index (χ2v) is 4.34. The highest BCUT2D eigenvalue weighted by atomic mass is 16.3. The topological polar surface area (TPSA) is 78.6 Å². The minimum atomic E-state index is -0.183. The van der Waals surface area contributed by atoms with Gasteiger partial charge in [0, 0.05) is 31.9 Å². The number of nitrogens with one attached hydrogen (secondary N) is 1. The summed E-state index contributed by atoms with van der Waals surface area (Å²) in [6.07, 6.45) is 0.577. The Balaban J connectivity index is 2.53. The van der Waals surface area contributed by atoms with Crippen LogP contribution in [0.15, 0.2) is 24.3 Å². The van der Waals surface area contributed by atoms with E-state index in [0.717, 1.165) is 11.3 Å². The molecule has 1 rings (SSSR count). The summed E-state index contributed by atoms with van der Waals surface area (Å²) >= 11 is 0. The Labute approximate surface area is 108 Å². The van der Waals surface area contributed by atoms with Crippen LogP contribution in [-0.2, 0) is 0 Å². The van der Waals surface area contributed by atoms with Gasteiger partial charge < -0.3 is 21.1 Å². The fourth-order valence-electron chi connectivity index (χ4n) is 1.50. The van der Waals surface area contributed by atoms with E-state index in [1.807, 2.05) is 31.2 Å². The van der Waals surface area contributed by atoms with Gasteiger partial charge in [-0.15, -0.1) is 0 Å². The van der Waals surface area contributed by atoms with Gasteiger partial charge in [-0.05, 0) is 31.0 Å². The predicted molar refractivity (Wildman–Crippen MR) is 72.4 cm³/mol. The lowest BCUT2D eigenvalue weighted by Crippen LogP contribution is -2.32. The van der Waals surface area contributed by atoms with E-state index >= 15 is 0 Å². The number of hydrogen-bond donors (Lipinski definition) is 3. The molecule has 1 unspecified atom stereocenters. The van der Waals surface area contributed by atoms with Gasteiger partial charge in [-0.1, -0.05) is 12.1 Å². The van der Waals surface area contributed by atoms with E-state index in [0.29, 0.717) is 13.0 Å². The zero-order valence-electron chi connectivity index (χ0n) is 10.9. The van der Waals surface area contributed by atoms with Gasteiger partial charge in [-0.3, -0.25) is 0 Å². The molecule has 1 aromatic rings. The van der Waals surface area contributed by atoms with Crippen molar-refractivity contribution in [3.63, 3.8) is 0 Å². The van der Waals surface area contributed by atoms with Crippen LogP contribution in [-0.4, -0.2) is 36.2 Å². The first-order valence-corrected chi connectivity index (χ1v) is 6.03. The van der Waals surface area contributed by atoms with Crippen molar-refractivity contribution in [3.05, 3.63) is 29.8 Å². The van der Waals surface area contributed by atoms with Gasteiger partial charge in [-0.25, -0.2) is 4.79 Å². The smallest absolute Gasteiger partial charge is 0.321 e. The Morgan fingerprint density at radius 2 is 2.06 bits per heavy atom. The zero-order valence-corrected chi connectivity index (χ0v) is 10.9. The van der Waals surface area contributed by atoms with Gasteiger partial charge in [0.1, 0.15) is 0 Å². The number of amides is 2. The van der Waals surface area contributed by atoms with Crippen molar-refractivity contribution in [2.45, 2.75) is 19.4 Å². The summed E-state index contributed by atoms with van der Waals surface area (Å²) in [4.78, 5) is 13.3. The van der Waals surface area contributed by atoms with Crippen molar-refractivity contribution in [1.29, 1.82) is 0 Å². The monoisotopic (exact) mass is 251 g/mol. The van der Waals surface area contributed by atoms with Gasteiger partial charge in [0.05, 0.1) is 0 Å². The van der Waals surface area contributed by atoms with Gasteiger partial charge >= 0.3 is 6.03 Å². The molecule has 1 atom stereocenters. The summed E-state index contributed by atoms with van der Waals surface area (Å²) in [5, 5.41) is 11.5. The number of nitrogens with two attached hydrogens (primary N) is 1. The standard InChI is InChI=1S/C13H21N3O2/c1-10(14)11-4-6-12(7-5-11)15-13(18)16(2)8-3-9-17/h4-7,10,17H,3,8-9,14H2,1-2H3,(H,15,18). The third kappa shape index (κ3) is 4.35. The molecule has 0 aliphatic rings. The van der Waals surface area contributed by atoms with Gasteiger partial charge in [0.25, 0.3) is 0 Å². The van der Waals surface area contributed by atoms with E-state index in [9.17, 15) is 4.79 Å². The molecule has 5 nitrogen and oxygen atoms in total. The zero-order chi connectivity index (χ0) is 13.5. The Morgan fingerprint density at radius 1 is 1.44 bits per heavy atom. The molecule has 0 saturated heterocycles. The SMILES string of the molecule is CC(N)c1ccc(NC(=O)N(C)CCCO)cc1. The molecule has 0 fully saturated rings. The summed E-state index contributed by atoms with van der Waals surface area (Å²) in [5.41, 5.74) is 7.51. The maximum atomic E-state index is 11.7. The van der Waals surface area contributed by atoms with Crippen molar-refractivity contribution >= 4 is 11.7 Å². The molecule has 0 radical (unpaired) electrons. The van der Waals surface area contributed by atoms with Gasteiger partial charge in [0.2, 0.25) is 0 Å². The molecule has 0 heterocycles. The molecule has 100 valence electrons. The maximum absolute atomic E-state index is 11.7. The highest BCUT2D eigenvalue weighted by molar-refractivity contribution is 5.89. The number of carbonyl (C=O) groups is 1. The lowest BCUT2D eigenvalue weighted by atomic mass is 10.1. The molecule has 18 heavy (non-hydrogen) atoms. The summed E-state index contributed by atoms with van der Waals surface area (Å²) in [6, 6.07) is 7.26. The number of nitrogens with zero attached hydrogens (tertiary/aromatic N) is 1. The van der Waals surface area contributed by atoms with Crippen LogP contribution in [0.25, 0.3) is 0 Å². The Hall–Kier alpha value is -1.59. The van der Waals surface area contributed by atoms with E-state index < -0.39 is 0 Å². The molecule has 2 amide bonds. The molecule has 0 aliphatic heterocycles. The number of carbonyl (C=O) groups excluding carboxylic acids is 1. The van der Waals surface area contributed by atoms with Gasteiger partial charge in [0.15, 0.2) is 0 Å². The Kier molecular flexibility index (Phi) is 5.61. The second kappa shape index (κ2) is 6.98. The van der Waals surface area contributed by atoms with E-state index in [1.165, 1.54) is 4.90 Å². The molecular weight excluding hydrogens is 230 g/mol. The Bertz CT molecular complexity index is 376. The quantitative estimate of drug-likeness (QED) is 0.743. The summed E-state index contributed by atoms with van der Waals surface area (Å²) in [5.74, 6) is 0. The van der Waals surface area contributed by atoms with E-state index in [1.54, 1.807) is 7.05 Å². The third-order valence-electron chi connectivity index (χ3n) is 2.69. The number of aliphatic hydroxyl groups excluding tert-OH is 1. The lowest BCUT2D eigenvalue weighted by molar-refractivity contribution is 0.214.